The van der Waals surface area contributed by atoms with Crippen LogP contribution in [0, 0.1) is 0 Å². The van der Waals surface area contributed by atoms with E-state index in [9.17, 15) is 10.2 Å². The third-order valence-electron chi connectivity index (χ3n) is 3.59. The van der Waals surface area contributed by atoms with Gasteiger partial charge in [-0.1, -0.05) is 0 Å². The van der Waals surface area contributed by atoms with E-state index in [1.165, 1.54) is 7.11 Å². The van der Waals surface area contributed by atoms with Gasteiger partial charge in [-0.15, -0.1) is 12.4 Å². The fourth-order valence-corrected chi connectivity index (χ4v) is 2.77. The van der Waals surface area contributed by atoms with Crippen LogP contribution in [-0.4, -0.2) is 53.7 Å². The maximum atomic E-state index is 10.1. The summed E-state index contributed by atoms with van der Waals surface area (Å²) in [5, 5.41) is 20.1. The van der Waals surface area contributed by atoms with Gasteiger partial charge in [-0.3, -0.25) is 0 Å². The molecule has 0 fully saturated rings. The van der Waals surface area contributed by atoms with Crippen molar-refractivity contribution in [1.29, 1.82) is 0 Å². The first-order chi connectivity index (χ1) is 11.3. The van der Waals surface area contributed by atoms with Crippen molar-refractivity contribution in [2.45, 2.75) is 26.0 Å². The summed E-state index contributed by atoms with van der Waals surface area (Å²) in [6.45, 7) is 3.74. The summed E-state index contributed by atoms with van der Waals surface area (Å²) in [6, 6.07) is 5.21. The molecule has 3 rings (SSSR count). The molecule has 0 aromatic heterocycles. The number of imidazole rings is 1. The quantitative estimate of drug-likeness (QED) is 0.607. The number of hydrogen-bond donors (Lipinski definition) is 2. The Labute approximate surface area is 160 Å². The van der Waals surface area contributed by atoms with Crippen molar-refractivity contribution in [3.63, 3.8) is 0 Å². The SMILES string of the molecule is COc1ccc(Cn2cnc([As])c3nc(C(C)(C)O)nc2-3)cc1O.Cl. The minimum absolute atomic E-state index is 0. The van der Waals surface area contributed by atoms with Gasteiger partial charge in [-0.25, -0.2) is 0 Å². The van der Waals surface area contributed by atoms with Gasteiger partial charge in [-0.05, 0) is 0 Å². The van der Waals surface area contributed by atoms with Crippen molar-refractivity contribution in [2.24, 2.45) is 0 Å². The molecule has 2 aliphatic heterocycles. The first kappa shape index (κ1) is 19.5. The maximum absolute atomic E-state index is 10.1. The van der Waals surface area contributed by atoms with Crippen LogP contribution in [0.1, 0.15) is 25.2 Å². The second-order valence-corrected chi connectivity index (χ2v) is 6.87. The van der Waals surface area contributed by atoms with Crippen LogP contribution in [0.2, 0.25) is 0 Å². The second-order valence-electron chi connectivity index (χ2n) is 5.98. The van der Waals surface area contributed by atoms with Gasteiger partial charge in [-0.2, -0.15) is 0 Å². The van der Waals surface area contributed by atoms with Gasteiger partial charge in [0.25, 0.3) is 0 Å². The average molecular weight is 425 g/mol. The summed E-state index contributed by atoms with van der Waals surface area (Å²) < 4.78 is 7.57. The molecular weight excluding hydrogens is 407 g/mol. The van der Waals surface area contributed by atoms with Gasteiger partial charge in [0.1, 0.15) is 0 Å². The number of aromatic nitrogens is 4. The number of phenols is 1. The van der Waals surface area contributed by atoms with Gasteiger partial charge >= 0.3 is 148 Å². The van der Waals surface area contributed by atoms with Crippen LogP contribution in [0.3, 0.4) is 0 Å². The first-order valence-corrected chi connectivity index (χ1v) is 8.24. The number of phenolic OH excluding ortho intramolecular Hbond substituents is 1. The Hall–Kier alpha value is -1.82. The van der Waals surface area contributed by atoms with E-state index in [0.29, 0.717) is 34.1 Å². The number of aliphatic hydroxyl groups is 1. The molecule has 0 bridgehead atoms. The molecule has 2 aliphatic rings. The fraction of sp³-hybridized carbons (Fsp3) is 0.312. The molecule has 0 spiro atoms. The Bertz CT molecular complexity index is 863. The molecule has 2 heterocycles. The summed E-state index contributed by atoms with van der Waals surface area (Å²) in [5.41, 5.74) is 0.370. The Morgan fingerprint density at radius 1 is 1.28 bits per heavy atom. The number of methoxy groups -OCH3 is 1. The molecular formula is C16H18AsClN4O3. The van der Waals surface area contributed by atoms with Crippen LogP contribution in [0.25, 0.3) is 11.5 Å². The third kappa shape index (κ3) is 3.89. The van der Waals surface area contributed by atoms with E-state index < -0.39 is 5.60 Å². The van der Waals surface area contributed by atoms with Crippen LogP contribution < -0.4 is 9.22 Å². The minimum Gasteiger partial charge on any atom is -0.147 e. The number of benzene rings is 1. The van der Waals surface area contributed by atoms with Crippen LogP contribution in [0.15, 0.2) is 24.5 Å². The van der Waals surface area contributed by atoms with Crippen LogP contribution in [-0.2, 0) is 12.1 Å². The topological polar surface area (TPSA) is 93.3 Å². The van der Waals surface area contributed by atoms with Gasteiger partial charge in [0.15, 0.2) is 0 Å². The van der Waals surface area contributed by atoms with Crippen molar-refractivity contribution in [3.8, 4) is 23.0 Å². The normalized spacial score (nSPS) is 11.4. The van der Waals surface area contributed by atoms with E-state index in [0.717, 1.165) is 5.56 Å². The van der Waals surface area contributed by atoms with Gasteiger partial charge in [0.2, 0.25) is 0 Å². The zero-order valence-corrected chi connectivity index (χ0v) is 16.7. The number of halogens is 1. The predicted octanol–water partition coefficient (Wildman–Crippen LogP) is 0.983. The van der Waals surface area contributed by atoms with Crippen molar-refractivity contribution in [2.75, 3.05) is 7.11 Å². The maximum Gasteiger partial charge on any atom is -0.147 e. The fourth-order valence-electron chi connectivity index (χ4n) is 2.34. The molecule has 2 radical (unpaired) electrons. The number of fused-ring (bicyclic) bond motifs is 1. The average Bonchev–Trinajstić information content (AvgIpc) is 2.97. The summed E-state index contributed by atoms with van der Waals surface area (Å²) in [5.74, 6) is 1.48. The third-order valence-corrected chi connectivity index (χ3v) is 4.27. The van der Waals surface area contributed by atoms with E-state index in [2.05, 4.69) is 31.8 Å². The molecule has 0 unspecified atom stereocenters. The molecule has 1 aromatic carbocycles. The summed E-state index contributed by atoms with van der Waals surface area (Å²) in [4.78, 5) is 13.2. The molecule has 132 valence electrons. The number of hydrogen-bond acceptors (Lipinski definition) is 6. The Morgan fingerprint density at radius 2 is 2.00 bits per heavy atom. The summed E-state index contributed by atoms with van der Waals surface area (Å²) in [7, 11) is 1.51. The van der Waals surface area contributed by atoms with Gasteiger partial charge in [0, 0.05) is 0 Å². The van der Waals surface area contributed by atoms with Gasteiger partial charge in [0.05, 0.1) is 0 Å². The van der Waals surface area contributed by atoms with Crippen molar-refractivity contribution < 1.29 is 14.9 Å². The standard InChI is InChI=1S/C16H17AsN4O3.ClH/c1-16(2,23)15-19-12-13(17)18-8-21(14(12)20-15)7-9-4-5-11(24-3)10(22)6-9;/h4-6,8,22-23H,7H2,1-3H3;1H. The van der Waals surface area contributed by atoms with Crippen LogP contribution >= 0.6 is 12.4 Å². The van der Waals surface area contributed by atoms with Gasteiger partial charge < -0.3 is 0 Å². The molecule has 25 heavy (non-hydrogen) atoms. The summed E-state index contributed by atoms with van der Waals surface area (Å²) in [6.07, 6.45) is 1.67. The largest absolute Gasteiger partial charge is 0.147 e. The molecule has 0 aliphatic carbocycles. The van der Waals surface area contributed by atoms with E-state index in [1.807, 2.05) is 10.6 Å². The van der Waals surface area contributed by atoms with E-state index in [-0.39, 0.29) is 18.2 Å². The molecule has 0 amide bonds. The number of ether oxygens (including phenoxy) is 1. The molecule has 0 atom stereocenters. The second kappa shape index (κ2) is 7.20. The van der Waals surface area contributed by atoms with E-state index in [1.54, 1.807) is 32.3 Å². The van der Waals surface area contributed by atoms with Crippen molar-refractivity contribution in [3.05, 3.63) is 35.9 Å². The monoisotopic (exact) mass is 424 g/mol. The first-order valence-electron chi connectivity index (χ1n) is 7.30. The molecule has 0 saturated heterocycles. The Kier molecular flexibility index (Phi) is 5.61. The van der Waals surface area contributed by atoms with E-state index >= 15 is 0 Å². The zero-order chi connectivity index (χ0) is 17.5. The summed E-state index contributed by atoms with van der Waals surface area (Å²) >= 11 is 2.36. The smallest absolute Gasteiger partial charge is 0.147 e. The zero-order valence-electron chi connectivity index (χ0n) is 14.0. The molecule has 9 heteroatoms. The Balaban J connectivity index is 0.00000225. The van der Waals surface area contributed by atoms with Crippen molar-refractivity contribution in [1.82, 2.24) is 19.5 Å². The van der Waals surface area contributed by atoms with Crippen LogP contribution in [0.4, 0.5) is 0 Å². The Morgan fingerprint density at radius 3 is 2.60 bits per heavy atom. The number of aromatic hydroxyl groups is 1. The predicted molar refractivity (Wildman–Crippen MR) is 96.1 cm³/mol. The molecule has 7 nitrogen and oxygen atoms in total. The molecule has 2 N–H and O–H groups in total. The number of nitrogens with zero attached hydrogens (tertiary/aromatic N) is 4. The molecule has 0 saturated carbocycles. The van der Waals surface area contributed by atoms with Crippen molar-refractivity contribution >= 4 is 33.7 Å². The minimum atomic E-state index is -1.13. The van der Waals surface area contributed by atoms with E-state index in [4.69, 9.17) is 4.74 Å². The van der Waals surface area contributed by atoms with Crippen LogP contribution in [0.5, 0.6) is 11.5 Å². The number of rotatable bonds is 4. The molecule has 1 aromatic rings.